The van der Waals surface area contributed by atoms with E-state index in [1.807, 2.05) is 30.3 Å². The first kappa shape index (κ1) is 13.1. The predicted octanol–water partition coefficient (Wildman–Crippen LogP) is 1.91. The van der Waals surface area contributed by atoms with E-state index in [0.29, 0.717) is 0 Å². The number of carbonyl (C=O) groups is 2. The number of ether oxygens (including phenoxy) is 2. The third-order valence-corrected chi connectivity index (χ3v) is 2.87. The third kappa shape index (κ3) is 2.59. The summed E-state index contributed by atoms with van der Waals surface area (Å²) in [4.78, 5) is 24.6. The Balaban J connectivity index is 2.26. The van der Waals surface area contributed by atoms with E-state index < -0.39 is 18.4 Å². The topological polar surface area (TPSA) is 55.8 Å². The van der Waals surface area contributed by atoms with E-state index in [-0.39, 0.29) is 11.5 Å². The van der Waals surface area contributed by atoms with Crippen molar-refractivity contribution in [3.05, 3.63) is 48.0 Å². The van der Waals surface area contributed by atoms with Gasteiger partial charge in [0.2, 0.25) is 0 Å². The van der Waals surface area contributed by atoms with E-state index in [2.05, 4.69) is 6.58 Å². The van der Waals surface area contributed by atoms with Gasteiger partial charge in [-0.05, 0) is 5.56 Å². The number of cyclic esters (lactones) is 2. The SMILES string of the molecule is C=C(C(=O)N(C)C)[C@@H]1OC(=O)O[C@H]1c1ccccc1. The average Bonchev–Trinajstić information content (AvgIpc) is 2.80. The third-order valence-electron chi connectivity index (χ3n) is 2.87. The Morgan fingerprint density at radius 3 is 2.42 bits per heavy atom. The molecule has 1 aromatic carbocycles. The zero-order valence-corrected chi connectivity index (χ0v) is 10.8. The van der Waals surface area contributed by atoms with Gasteiger partial charge in [-0.15, -0.1) is 0 Å². The predicted molar refractivity (Wildman–Crippen MR) is 68.4 cm³/mol. The Hall–Kier alpha value is -2.30. The van der Waals surface area contributed by atoms with Crippen LogP contribution in [0.15, 0.2) is 42.5 Å². The normalized spacial score (nSPS) is 21.5. The highest BCUT2D eigenvalue weighted by Gasteiger charge is 2.41. The minimum absolute atomic E-state index is 0.199. The lowest BCUT2D eigenvalue weighted by molar-refractivity contribution is -0.125. The summed E-state index contributed by atoms with van der Waals surface area (Å²) in [6, 6.07) is 9.14. The zero-order chi connectivity index (χ0) is 14.0. The highest BCUT2D eigenvalue weighted by atomic mass is 16.8. The van der Waals surface area contributed by atoms with E-state index in [9.17, 15) is 9.59 Å². The van der Waals surface area contributed by atoms with Crippen LogP contribution in [0.2, 0.25) is 0 Å². The molecular weight excluding hydrogens is 246 g/mol. The molecule has 0 unspecified atom stereocenters. The second-order valence-corrected chi connectivity index (χ2v) is 4.46. The summed E-state index contributed by atoms with van der Waals surface area (Å²) < 4.78 is 10.2. The number of rotatable bonds is 3. The number of nitrogens with zero attached hydrogens (tertiary/aromatic N) is 1. The van der Waals surface area contributed by atoms with Gasteiger partial charge in [0, 0.05) is 14.1 Å². The molecule has 1 aliphatic rings. The van der Waals surface area contributed by atoms with Crippen molar-refractivity contribution < 1.29 is 19.1 Å². The van der Waals surface area contributed by atoms with Crippen molar-refractivity contribution in [2.24, 2.45) is 0 Å². The fourth-order valence-electron chi connectivity index (χ4n) is 1.91. The molecule has 1 aliphatic heterocycles. The molecule has 1 saturated heterocycles. The highest BCUT2D eigenvalue weighted by molar-refractivity contribution is 5.94. The minimum atomic E-state index is -0.787. The van der Waals surface area contributed by atoms with Crippen molar-refractivity contribution in [2.45, 2.75) is 12.2 Å². The maximum Gasteiger partial charge on any atom is 0.509 e. The molecule has 19 heavy (non-hydrogen) atoms. The molecule has 1 heterocycles. The van der Waals surface area contributed by atoms with Crippen LogP contribution in [0.1, 0.15) is 11.7 Å². The van der Waals surface area contributed by atoms with E-state index in [0.717, 1.165) is 5.56 Å². The van der Waals surface area contributed by atoms with Crippen LogP contribution in [0.3, 0.4) is 0 Å². The molecule has 1 fully saturated rings. The van der Waals surface area contributed by atoms with Gasteiger partial charge in [-0.25, -0.2) is 4.79 Å². The monoisotopic (exact) mass is 261 g/mol. The summed E-state index contributed by atoms with van der Waals surface area (Å²) >= 11 is 0. The van der Waals surface area contributed by atoms with Crippen LogP contribution in [0, 0.1) is 0 Å². The summed E-state index contributed by atoms with van der Waals surface area (Å²) in [6.07, 6.45) is -2.21. The van der Waals surface area contributed by atoms with Crippen LogP contribution in [0.25, 0.3) is 0 Å². The summed E-state index contributed by atoms with van der Waals surface area (Å²) in [5.41, 5.74) is 0.968. The van der Waals surface area contributed by atoms with E-state index >= 15 is 0 Å². The van der Waals surface area contributed by atoms with Crippen LogP contribution >= 0.6 is 0 Å². The molecule has 0 saturated carbocycles. The van der Waals surface area contributed by atoms with Crippen molar-refractivity contribution in [2.75, 3.05) is 14.1 Å². The molecule has 0 bridgehead atoms. The smallest absolute Gasteiger partial charge is 0.422 e. The standard InChI is InChI=1S/C14H15NO4/c1-9(13(16)15(2)3)11-12(19-14(17)18-11)10-7-5-4-6-8-10/h4-8,11-12H,1H2,2-3H3/t11-,12-/m0/s1. The van der Waals surface area contributed by atoms with E-state index in [1.165, 1.54) is 4.90 Å². The molecular formula is C14H15NO4. The lowest BCUT2D eigenvalue weighted by atomic mass is 9.99. The number of benzene rings is 1. The largest absolute Gasteiger partial charge is 0.509 e. The first-order valence-corrected chi connectivity index (χ1v) is 5.83. The van der Waals surface area contributed by atoms with Gasteiger partial charge in [0.05, 0.1) is 5.57 Å². The second-order valence-electron chi connectivity index (χ2n) is 4.46. The molecule has 0 aromatic heterocycles. The lowest BCUT2D eigenvalue weighted by Gasteiger charge is -2.19. The van der Waals surface area contributed by atoms with Gasteiger partial charge < -0.3 is 14.4 Å². The molecule has 0 aliphatic carbocycles. The van der Waals surface area contributed by atoms with Gasteiger partial charge in [0.25, 0.3) is 5.91 Å². The molecule has 100 valence electrons. The van der Waals surface area contributed by atoms with Gasteiger partial charge in [0.15, 0.2) is 12.2 Å². The average molecular weight is 261 g/mol. The Bertz CT molecular complexity index is 509. The number of hydrogen-bond donors (Lipinski definition) is 0. The Morgan fingerprint density at radius 2 is 1.84 bits per heavy atom. The number of likely N-dealkylation sites (N-methyl/N-ethyl adjacent to an activating group) is 1. The summed E-state index contributed by atoms with van der Waals surface area (Å²) in [7, 11) is 3.23. The molecule has 0 spiro atoms. The van der Waals surface area contributed by atoms with Crippen LogP contribution in [0.5, 0.6) is 0 Å². The van der Waals surface area contributed by atoms with Crippen LogP contribution in [-0.2, 0) is 14.3 Å². The number of hydrogen-bond acceptors (Lipinski definition) is 4. The minimum Gasteiger partial charge on any atom is -0.422 e. The highest BCUT2D eigenvalue weighted by Crippen LogP contribution is 2.34. The van der Waals surface area contributed by atoms with Crippen molar-refractivity contribution in [1.82, 2.24) is 4.90 Å². The fourth-order valence-corrected chi connectivity index (χ4v) is 1.91. The molecule has 2 rings (SSSR count). The molecule has 2 atom stereocenters. The van der Waals surface area contributed by atoms with Crippen LogP contribution in [0.4, 0.5) is 4.79 Å². The van der Waals surface area contributed by atoms with Gasteiger partial charge in [-0.1, -0.05) is 36.9 Å². The molecule has 1 amide bonds. The Kier molecular flexibility index (Phi) is 3.55. The quantitative estimate of drug-likeness (QED) is 0.616. The first-order valence-electron chi connectivity index (χ1n) is 5.83. The first-order chi connectivity index (χ1) is 9.00. The summed E-state index contributed by atoms with van der Waals surface area (Å²) in [5.74, 6) is -0.288. The maximum atomic E-state index is 11.9. The molecule has 0 N–H and O–H groups in total. The summed E-state index contributed by atoms with van der Waals surface area (Å²) in [6.45, 7) is 3.72. The van der Waals surface area contributed by atoms with Crippen molar-refractivity contribution in [3.63, 3.8) is 0 Å². The number of amides is 1. The summed E-state index contributed by atoms with van der Waals surface area (Å²) in [5, 5.41) is 0. The lowest BCUT2D eigenvalue weighted by Crippen LogP contribution is -2.31. The van der Waals surface area contributed by atoms with Gasteiger partial charge in [-0.3, -0.25) is 4.79 Å². The zero-order valence-electron chi connectivity index (χ0n) is 10.8. The van der Waals surface area contributed by atoms with Gasteiger partial charge in [0.1, 0.15) is 0 Å². The molecule has 5 heteroatoms. The Labute approximate surface area is 111 Å². The van der Waals surface area contributed by atoms with Crippen molar-refractivity contribution in [1.29, 1.82) is 0 Å². The molecule has 0 radical (unpaired) electrons. The van der Waals surface area contributed by atoms with E-state index in [1.54, 1.807) is 14.1 Å². The van der Waals surface area contributed by atoms with Gasteiger partial charge >= 0.3 is 6.16 Å². The maximum absolute atomic E-state index is 11.9. The van der Waals surface area contributed by atoms with Crippen molar-refractivity contribution in [3.8, 4) is 0 Å². The fraction of sp³-hybridized carbons (Fsp3) is 0.286. The van der Waals surface area contributed by atoms with Crippen molar-refractivity contribution >= 4 is 12.1 Å². The van der Waals surface area contributed by atoms with Crippen LogP contribution < -0.4 is 0 Å². The Morgan fingerprint density at radius 1 is 1.21 bits per heavy atom. The number of carbonyl (C=O) groups excluding carboxylic acids is 2. The van der Waals surface area contributed by atoms with E-state index in [4.69, 9.17) is 9.47 Å². The molecule has 1 aromatic rings. The molecule has 5 nitrogen and oxygen atoms in total. The second kappa shape index (κ2) is 5.14. The van der Waals surface area contributed by atoms with Crippen LogP contribution in [-0.4, -0.2) is 37.2 Å². The van der Waals surface area contributed by atoms with Gasteiger partial charge in [-0.2, -0.15) is 0 Å².